The van der Waals surface area contributed by atoms with E-state index in [2.05, 4.69) is 0 Å². The lowest BCUT2D eigenvalue weighted by atomic mass is 10.3. The molecule has 3 unspecified atom stereocenters. The second kappa shape index (κ2) is 4.35. The zero-order valence-corrected chi connectivity index (χ0v) is 9.51. The van der Waals surface area contributed by atoms with Gasteiger partial charge in [-0.25, -0.2) is 0 Å². The molecule has 5 heteroatoms. The lowest BCUT2D eigenvalue weighted by molar-refractivity contribution is -0.229. The fourth-order valence-electron chi connectivity index (χ4n) is 2.62. The molecule has 0 aromatic carbocycles. The number of fused-ring (bicyclic) bond motifs is 1. The summed E-state index contributed by atoms with van der Waals surface area (Å²) in [5.74, 6) is 0.957. The average molecular weight is 218 g/mol. The summed E-state index contributed by atoms with van der Waals surface area (Å²) in [6.07, 6.45) is -0.588. The SMILES string of the molecule is COC(OC)C1[C@H]2C(OC)OC(OC)[C@@H]12. The van der Waals surface area contributed by atoms with Gasteiger partial charge < -0.3 is 23.7 Å². The molecule has 0 amide bonds. The van der Waals surface area contributed by atoms with E-state index in [9.17, 15) is 0 Å². The molecule has 2 fully saturated rings. The molecule has 88 valence electrons. The average Bonchev–Trinajstić information content (AvgIpc) is 2.87. The first-order chi connectivity index (χ1) is 7.28. The van der Waals surface area contributed by atoms with Crippen LogP contribution in [-0.4, -0.2) is 47.3 Å². The van der Waals surface area contributed by atoms with Crippen LogP contribution in [0.15, 0.2) is 0 Å². The maximum atomic E-state index is 5.54. The van der Waals surface area contributed by atoms with E-state index < -0.39 is 0 Å². The van der Waals surface area contributed by atoms with Gasteiger partial charge in [-0.1, -0.05) is 0 Å². The number of methoxy groups -OCH3 is 4. The van der Waals surface area contributed by atoms with Gasteiger partial charge in [0.2, 0.25) is 0 Å². The van der Waals surface area contributed by atoms with Gasteiger partial charge in [-0.15, -0.1) is 0 Å². The Morgan fingerprint density at radius 3 is 1.67 bits per heavy atom. The molecule has 1 aliphatic carbocycles. The third-order valence-electron chi connectivity index (χ3n) is 3.33. The predicted octanol–water partition coefficient (Wildman–Crippen LogP) is 0.443. The van der Waals surface area contributed by atoms with E-state index in [0.717, 1.165) is 0 Å². The van der Waals surface area contributed by atoms with Crippen LogP contribution in [0.25, 0.3) is 0 Å². The fraction of sp³-hybridized carbons (Fsp3) is 1.00. The topological polar surface area (TPSA) is 46.2 Å². The zero-order chi connectivity index (χ0) is 11.0. The summed E-state index contributed by atoms with van der Waals surface area (Å²) >= 11 is 0. The number of hydrogen-bond donors (Lipinski definition) is 0. The van der Waals surface area contributed by atoms with Crippen LogP contribution < -0.4 is 0 Å². The van der Waals surface area contributed by atoms with Gasteiger partial charge in [0.15, 0.2) is 18.9 Å². The number of rotatable bonds is 5. The van der Waals surface area contributed by atoms with Gasteiger partial charge in [-0.2, -0.15) is 0 Å². The van der Waals surface area contributed by atoms with E-state index >= 15 is 0 Å². The Morgan fingerprint density at radius 2 is 1.33 bits per heavy atom. The van der Waals surface area contributed by atoms with Gasteiger partial charge in [0.1, 0.15) is 0 Å². The second-order valence-corrected chi connectivity index (χ2v) is 3.92. The fourth-order valence-corrected chi connectivity index (χ4v) is 2.62. The lowest BCUT2D eigenvalue weighted by Crippen LogP contribution is -2.29. The first-order valence-electron chi connectivity index (χ1n) is 5.05. The zero-order valence-electron chi connectivity index (χ0n) is 9.51. The van der Waals surface area contributed by atoms with Gasteiger partial charge >= 0.3 is 0 Å². The third kappa shape index (κ3) is 1.68. The van der Waals surface area contributed by atoms with E-state index in [1.165, 1.54) is 0 Å². The molecule has 2 rings (SSSR count). The van der Waals surface area contributed by atoms with Crippen LogP contribution in [0.1, 0.15) is 0 Å². The Hall–Kier alpha value is -0.200. The van der Waals surface area contributed by atoms with Crippen LogP contribution in [-0.2, 0) is 23.7 Å². The maximum Gasteiger partial charge on any atom is 0.164 e. The molecule has 1 saturated heterocycles. The van der Waals surface area contributed by atoms with Crippen molar-refractivity contribution in [2.75, 3.05) is 28.4 Å². The van der Waals surface area contributed by atoms with E-state index in [4.69, 9.17) is 23.7 Å². The van der Waals surface area contributed by atoms with Crippen LogP contribution in [0, 0.1) is 17.8 Å². The minimum atomic E-state index is -0.197. The molecule has 0 N–H and O–H groups in total. The van der Waals surface area contributed by atoms with Crippen LogP contribution >= 0.6 is 0 Å². The molecule has 0 spiro atoms. The lowest BCUT2D eigenvalue weighted by Gasteiger charge is -2.22. The monoisotopic (exact) mass is 218 g/mol. The quantitative estimate of drug-likeness (QED) is 0.627. The molecular weight excluding hydrogens is 200 g/mol. The molecule has 5 nitrogen and oxygen atoms in total. The highest BCUT2D eigenvalue weighted by Gasteiger charge is 2.68. The van der Waals surface area contributed by atoms with E-state index in [1.807, 2.05) is 0 Å². The van der Waals surface area contributed by atoms with Gasteiger partial charge in [0, 0.05) is 46.2 Å². The number of ether oxygens (including phenoxy) is 5. The third-order valence-corrected chi connectivity index (χ3v) is 3.33. The minimum absolute atomic E-state index is 0.195. The highest BCUT2D eigenvalue weighted by atomic mass is 16.8. The van der Waals surface area contributed by atoms with Crippen LogP contribution in [0.4, 0.5) is 0 Å². The van der Waals surface area contributed by atoms with Crippen molar-refractivity contribution in [3.05, 3.63) is 0 Å². The Balaban J connectivity index is 2.01. The van der Waals surface area contributed by atoms with Crippen molar-refractivity contribution < 1.29 is 23.7 Å². The summed E-state index contributed by atoms with van der Waals surface area (Å²) in [5.41, 5.74) is 0. The van der Waals surface area contributed by atoms with E-state index in [0.29, 0.717) is 17.8 Å². The normalized spacial score (nSPS) is 43.4. The predicted molar refractivity (Wildman–Crippen MR) is 51.0 cm³/mol. The Labute approximate surface area is 89.6 Å². The molecule has 0 aromatic rings. The summed E-state index contributed by atoms with van der Waals surface area (Å²) in [4.78, 5) is 0. The Bertz CT molecular complexity index is 198. The summed E-state index contributed by atoms with van der Waals surface area (Å²) in [6, 6.07) is 0. The van der Waals surface area contributed by atoms with Crippen molar-refractivity contribution in [2.45, 2.75) is 18.9 Å². The Morgan fingerprint density at radius 1 is 0.867 bits per heavy atom. The van der Waals surface area contributed by atoms with Crippen molar-refractivity contribution in [3.63, 3.8) is 0 Å². The molecule has 0 aromatic heterocycles. The highest BCUT2D eigenvalue weighted by molar-refractivity contribution is 5.06. The molecule has 1 saturated carbocycles. The number of hydrogen-bond acceptors (Lipinski definition) is 5. The highest BCUT2D eigenvalue weighted by Crippen LogP contribution is 2.59. The van der Waals surface area contributed by atoms with E-state index in [-0.39, 0.29) is 18.9 Å². The Kier molecular flexibility index (Phi) is 3.27. The standard InChI is InChI=1S/C10H18O5/c1-11-8(12-2)5-6-7(5)10(14-4)15-9(6)13-3/h5-10H,1-4H3/t5?,6-,7+,9?,10?. The van der Waals surface area contributed by atoms with E-state index in [1.54, 1.807) is 28.4 Å². The molecule has 15 heavy (non-hydrogen) atoms. The van der Waals surface area contributed by atoms with Crippen molar-refractivity contribution in [1.29, 1.82) is 0 Å². The van der Waals surface area contributed by atoms with Crippen LogP contribution in [0.3, 0.4) is 0 Å². The van der Waals surface area contributed by atoms with Gasteiger partial charge in [-0.05, 0) is 0 Å². The van der Waals surface area contributed by atoms with Crippen molar-refractivity contribution in [1.82, 2.24) is 0 Å². The molecule has 2 aliphatic rings. The summed E-state index contributed by atoms with van der Waals surface area (Å²) in [7, 11) is 6.58. The first-order valence-corrected chi connectivity index (χ1v) is 5.05. The van der Waals surface area contributed by atoms with Gasteiger partial charge in [-0.3, -0.25) is 0 Å². The van der Waals surface area contributed by atoms with Gasteiger partial charge in [0.05, 0.1) is 0 Å². The molecular formula is C10H18O5. The summed E-state index contributed by atoms with van der Waals surface area (Å²) in [6.45, 7) is 0. The largest absolute Gasteiger partial charge is 0.356 e. The first kappa shape index (κ1) is 11.3. The van der Waals surface area contributed by atoms with Crippen molar-refractivity contribution >= 4 is 0 Å². The van der Waals surface area contributed by atoms with Crippen molar-refractivity contribution in [3.8, 4) is 0 Å². The second-order valence-electron chi connectivity index (χ2n) is 3.92. The smallest absolute Gasteiger partial charge is 0.164 e. The summed E-state index contributed by atoms with van der Waals surface area (Å²) in [5, 5.41) is 0. The summed E-state index contributed by atoms with van der Waals surface area (Å²) < 4.78 is 26.6. The molecule has 0 radical (unpaired) electrons. The molecule has 0 bridgehead atoms. The maximum absolute atomic E-state index is 5.54. The van der Waals surface area contributed by atoms with Crippen LogP contribution in [0.2, 0.25) is 0 Å². The molecule has 1 heterocycles. The van der Waals surface area contributed by atoms with Crippen molar-refractivity contribution in [2.24, 2.45) is 17.8 Å². The van der Waals surface area contributed by atoms with Gasteiger partial charge in [0.25, 0.3) is 0 Å². The minimum Gasteiger partial charge on any atom is -0.356 e. The molecule has 1 aliphatic heterocycles. The molecule has 5 atom stereocenters. The van der Waals surface area contributed by atoms with Crippen LogP contribution in [0.5, 0.6) is 0 Å².